The van der Waals surface area contributed by atoms with E-state index in [1.807, 2.05) is 0 Å². The molecule has 0 spiro atoms. The lowest BCUT2D eigenvalue weighted by Crippen LogP contribution is -2.43. The number of halogens is 4. The minimum atomic E-state index is -4.98. The molecule has 0 fully saturated rings. The molecule has 0 amide bonds. The van der Waals surface area contributed by atoms with Crippen molar-refractivity contribution in [3.63, 3.8) is 0 Å². The Morgan fingerprint density at radius 1 is 1.08 bits per heavy atom. The van der Waals surface area contributed by atoms with Gasteiger partial charge < -0.3 is 5.11 Å². The third-order valence-corrected chi connectivity index (χ3v) is 3.70. The predicted octanol–water partition coefficient (Wildman–Crippen LogP) is 4.76. The van der Waals surface area contributed by atoms with E-state index in [1.165, 1.54) is 24.3 Å². The second-order valence-corrected chi connectivity index (χ2v) is 5.69. The average molecular weight is 355 g/mol. The Kier molecular flexibility index (Phi) is 5.47. The molecule has 2 aromatic rings. The van der Waals surface area contributed by atoms with Gasteiger partial charge in [0.2, 0.25) is 0 Å². The summed E-state index contributed by atoms with van der Waals surface area (Å²) in [5.41, 5.74) is -3.03. The Morgan fingerprint density at radius 3 is 2.33 bits per heavy atom. The van der Waals surface area contributed by atoms with E-state index in [1.54, 1.807) is 24.3 Å². The minimum Gasteiger partial charge on any atom is -0.376 e. The maximum Gasteiger partial charge on any atom is 0.421 e. The van der Waals surface area contributed by atoms with Gasteiger partial charge in [-0.05, 0) is 29.3 Å². The summed E-state index contributed by atoms with van der Waals surface area (Å²) < 4.78 is 40.0. The third kappa shape index (κ3) is 4.24. The highest BCUT2D eigenvalue weighted by molar-refractivity contribution is 6.30. The largest absolute Gasteiger partial charge is 0.421 e. The van der Waals surface area contributed by atoms with Gasteiger partial charge in [0, 0.05) is 5.02 Å². The molecule has 6 heteroatoms. The lowest BCUT2D eigenvalue weighted by Gasteiger charge is -2.30. The summed E-state index contributed by atoms with van der Waals surface area (Å²) in [6, 6.07) is 13.1. The summed E-state index contributed by atoms with van der Waals surface area (Å²) in [6.07, 6.45) is -3.72. The van der Waals surface area contributed by atoms with Crippen molar-refractivity contribution in [1.29, 1.82) is 0 Å². The number of hydrogen-bond acceptors (Lipinski definition) is 2. The Balaban J connectivity index is 2.23. The van der Waals surface area contributed by atoms with E-state index in [2.05, 4.69) is 0 Å². The van der Waals surface area contributed by atoms with Crippen molar-refractivity contribution in [2.24, 2.45) is 0 Å². The highest BCUT2D eigenvalue weighted by Crippen LogP contribution is 2.41. The van der Waals surface area contributed by atoms with Crippen molar-refractivity contribution in [2.75, 3.05) is 0 Å². The molecule has 0 aromatic heterocycles. The number of allylic oxidation sites excluding steroid dienone is 1. The zero-order valence-corrected chi connectivity index (χ0v) is 13.2. The normalized spacial score (nSPS) is 14.5. The van der Waals surface area contributed by atoms with Crippen LogP contribution in [0.25, 0.3) is 6.08 Å². The van der Waals surface area contributed by atoms with E-state index in [0.29, 0.717) is 10.6 Å². The van der Waals surface area contributed by atoms with Crippen LogP contribution in [0.15, 0.2) is 60.7 Å². The molecule has 0 saturated heterocycles. The first kappa shape index (κ1) is 18.2. The summed E-state index contributed by atoms with van der Waals surface area (Å²) in [6.45, 7) is 0. The van der Waals surface area contributed by atoms with Gasteiger partial charge in [-0.2, -0.15) is 13.2 Å². The van der Waals surface area contributed by atoms with Gasteiger partial charge in [-0.1, -0.05) is 60.1 Å². The minimum absolute atomic E-state index is 0.373. The van der Waals surface area contributed by atoms with E-state index < -0.39 is 24.0 Å². The van der Waals surface area contributed by atoms with E-state index in [9.17, 15) is 23.1 Å². The molecule has 0 unspecified atom stereocenters. The summed E-state index contributed by atoms with van der Waals surface area (Å²) in [5.74, 6) is -0.848. The first-order valence-corrected chi connectivity index (χ1v) is 7.41. The van der Waals surface area contributed by atoms with Crippen LogP contribution in [0, 0.1) is 0 Å². The maximum absolute atomic E-state index is 13.3. The third-order valence-electron chi connectivity index (χ3n) is 3.46. The number of ketones is 1. The van der Waals surface area contributed by atoms with Gasteiger partial charge in [-0.15, -0.1) is 0 Å². The van der Waals surface area contributed by atoms with Crippen molar-refractivity contribution < 1.29 is 23.1 Å². The Hall–Kier alpha value is -2.11. The van der Waals surface area contributed by atoms with Crippen molar-refractivity contribution in [3.05, 3.63) is 76.8 Å². The fourth-order valence-corrected chi connectivity index (χ4v) is 2.39. The Bertz CT molecular complexity index is 741. The van der Waals surface area contributed by atoms with Crippen LogP contribution >= 0.6 is 11.6 Å². The van der Waals surface area contributed by atoms with Crippen LogP contribution in [-0.4, -0.2) is 17.1 Å². The number of carbonyl (C=O) groups excluding carboxylic acids is 1. The second kappa shape index (κ2) is 7.20. The molecule has 1 N–H and O–H groups in total. The standard InChI is InChI=1S/C18H14ClF3O2/c19-15-8-4-5-13(11-15)9-10-16(23)12-17(24,18(20,21)22)14-6-2-1-3-7-14/h1-11,24H,12H2/b10-9+/t17-/m1/s1. The SMILES string of the molecule is O=C(/C=C/c1cccc(Cl)c1)C[C@@](O)(c1ccccc1)C(F)(F)F. The maximum atomic E-state index is 13.3. The molecule has 0 aliphatic carbocycles. The molecule has 2 nitrogen and oxygen atoms in total. The first-order valence-electron chi connectivity index (χ1n) is 7.03. The number of benzene rings is 2. The van der Waals surface area contributed by atoms with Crippen LogP contribution in [-0.2, 0) is 10.4 Å². The topological polar surface area (TPSA) is 37.3 Å². The van der Waals surface area contributed by atoms with Crippen molar-refractivity contribution in [3.8, 4) is 0 Å². The van der Waals surface area contributed by atoms with Gasteiger partial charge in [0.25, 0.3) is 0 Å². The zero-order chi connectivity index (χ0) is 17.8. The van der Waals surface area contributed by atoms with Gasteiger partial charge in [0.15, 0.2) is 11.4 Å². The van der Waals surface area contributed by atoms with Crippen LogP contribution in [0.2, 0.25) is 5.02 Å². The lowest BCUT2D eigenvalue weighted by atomic mass is 9.87. The molecule has 0 radical (unpaired) electrons. The van der Waals surface area contributed by atoms with Gasteiger partial charge in [-0.3, -0.25) is 4.79 Å². The molecule has 2 aromatic carbocycles. The molecule has 2 rings (SSSR count). The number of aliphatic hydroxyl groups is 1. The van der Waals surface area contributed by atoms with Gasteiger partial charge >= 0.3 is 6.18 Å². The van der Waals surface area contributed by atoms with Gasteiger partial charge in [-0.25, -0.2) is 0 Å². The van der Waals surface area contributed by atoms with Crippen LogP contribution in [0.1, 0.15) is 17.5 Å². The predicted molar refractivity (Wildman–Crippen MR) is 86.5 cm³/mol. The summed E-state index contributed by atoms with van der Waals surface area (Å²) in [4.78, 5) is 12.0. The molecule has 24 heavy (non-hydrogen) atoms. The molecule has 0 saturated carbocycles. The molecular weight excluding hydrogens is 341 g/mol. The number of carbonyl (C=O) groups is 1. The van der Waals surface area contributed by atoms with Crippen molar-refractivity contribution >= 4 is 23.5 Å². The Labute approximate surface area is 142 Å². The molecule has 0 bridgehead atoms. The molecule has 126 valence electrons. The highest BCUT2D eigenvalue weighted by atomic mass is 35.5. The summed E-state index contributed by atoms with van der Waals surface area (Å²) in [5, 5.41) is 10.6. The lowest BCUT2D eigenvalue weighted by molar-refractivity contribution is -0.266. The van der Waals surface area contributed by atoms with Gasteiger partial charge in [0.05, 0.1) is 6.42 Å². The Morgan fingerprint density at radius 2 is 1.75 bits per heavy atom. The fourth-order valence-electron chi connectivity index (χ4n) is 2.19. The summed E-state index contributed by atoms with van der Waals surface area (Å²) >= 11 is 5.80. The van der Waals surface area contributed by atoms with E-state index >= 15 is 0 Å². The average Bonchev–Trinajstić information content (AvgIpc) is 2.53. The molecule has 0 aliphatic heterocycles. The number of hydrogen-bond donors (Lipinski definition) is 1. The smallest absolute Gasteiger partial charge is 0.376 e. The molecule has 0 heterocycles. The summed E-state index contributed by atoms with van der Waals surface area (Å²) in [7, 11) is 0. The fraction of sp³-hybridized carbons (Fsp3) is 0.167. The van der Waals surface area contributed by atoms with E-state index in [-0.39, 0.29) is 5.56 Å². The zero-order valence-electron chi connectivity index (χ0n) is 12.4. The highest BCUT2D eigenvalue weighted by Gasteiger charge is 2.55. The number of alkyl halides is 3. The second-order valence-electron chi connectivity index (χ2n) is 5.26. The molecule has 0 aliphatic rings. The van der Waals surface area contributed by atoms with Crippen LogP contribution in [0.4, 0.5) is 13.2 Å². The molecule has 1 atom stereocenters. The quantitative estimate of drug-likeness (QED) is 0.786. The monoisotopic (exact) mass is 354 g/mol. The van der Waals surface area contributed by atoms with E-state index in [0.717, 1.165) is 18.2 Å². The molecular formula is C18H14ClF3O2. The van der Waals surface area contributed by atoms with Crippen LogP contribution < -0.4 is 0 Å². The van der Waals surface area contributed by atoms with Gasteiger partial charge in [0.1, 0.15) is 0 Å². The van der Waals surface area contributed by atoms with E-state index in [4.69, 9.17) is 11.6 Å². The first-order chi connectivity index (χ1) is 11.2. The van der Waals surface area contributed by atoms with Crippen molar-refractivity contribution in [1.82, 2.24) is 0 Å². The van der Waals surface area contributed by atoms with Crippen LogP contribution in [0.3, 0.4) is 0 Å². The number of rotatable bonds is 5. The van der Waals surface area contributed by atoms with Crippen molar-refractivity contribution in [2.45, 2.75) is 18.2 Å². The van der Waals surface area contributed by atoms with Crippen LogP contribution in [0.5, 0.6) is 0 Å².